The summed E-state index contributed by atoms with van der Waals surface area (Å²) in [6.07, 6.45) is 3.13. The Morgan fingerprint density at radius 2 is 2.42 bits per heavy atom. The SMILES string of the molecule is CC(C=O)C(O)c1cncn1C. The zero-order valence-corrected chi connectivity index (χ0v) is 7.14. The first kappa shape index (κ1) is 8.93. The standard InChI is InChI=1S/C8H12N2O2/c1-6(4-11)8(12)7-3-9-5-10(7)2/h3-6,8,12H,1-2H3. The van der Waals surface area contributed by atoms with Gasteiger partial charge in [-0.15, -0.1) is 0 Å². The summed E-state index contributed by atoms with van der Waals surface area (Å²) >= 11 is 0. The van der Waals surface area contributed by atoms with E-state index in [1.54, 1.807) is 31.1 Å². The van der Waals surface area contributed by atoms with Crippen LogP contribution >= 0.6 is 0 Å². The van der Waals surface area contributed by atoms with Gasteiger partial charge in [-0.05, 0) is 0 Å². The topological polar surface area (TPSA) is 55.1 Å². The molecule has 0 fully saturated rings. The molecule has 4 heteroatoms. The van der Waals surface area contributed by atoms with Crippen molar-refractivity contribution in [3.8, 4) is 0 Å². The van der Waals surface area contributed by atoms with Crippen LogP contribution < -0.4 is 0 Å². The van der Waals surface area contributed by atoms with E-state index in [0.717, 1.165) is 6.29 Å². The van der Waals surface area contributed by atoms with Crippen molar-refractivity contribution in [1.82, 2.24) is 9.55 Å². The minimum absolute atomic E-state index is 0.389. The van der Waals surface area contributed by atoms with E-state index in [9.17, 15) is 9.90 Å². The summed E-state index contributed by atoms with van der Waals surface area (Å²) in [4.78, 5) is 14.2. The molecular formula is C8H12N2O2. The van der Waals surface area contributed by atoms with Crippen molar-refractivity contribution in [1.29, 1.82) is 0 Å². The summed E-state index contributed by atoms with van der Waals surface area (Å²) in [6, 6.07) is 0. The molecule has 1 aromatic rings. The number of aromatic nitrogens is 2. The molecule has 0 amide bonds. The summed E-state index contributed by atoms with van der Waals surface area (Å²) in [7, 11) is 1.78. The third-order valence-electron chi connectivity index (χ3n) is 1.87. The first-order valence-corrected chi connectivity index (χ1v) is 3.76. The number of nitrogens with zero attached hydrogens (tertiary/aromatic N) is 2. The van der Waals surface area contributed by atoms with Gasteiger partial charge in [-0.3, -0.25) is 0 Å². The highest BCUT2D eigenvalue weighted by Crippen LogP contribution is 2.18. The molecule has 1 rings (SSSR count). The second kappa shape index (κ2) is 3.49. The van der Waals surface area contributed by atoms with Crippen LogP contribution in [0.4, 0.5) is 0 Å². The van der Waals surface area contributed by atoms with E-state index in [1.807, 2.05) is 0 Å². The summed E-state index contributed by atoms with van der Waals surface area (Å²) < 4.78 is 1.70. The molecule has 1 N–H and O–H groups in total. The molecule has 0 bridgehead atoms. The lowest BCUT2D eigenvalue weighted by atomic mass is 10.0. The maximum atomic E-state index is 10.4. The Morgan fingerprint density at radius 1 is 1.75 bits per heavy atom. The Kier molecular flexibility index (Phi) is 2.60. The third-order valence-corrected chi connectivity index (χ3v) is 1.87. The zero-order chi connectivity index (χ0) is 9.14. The molecule has 0 saturated heterocycles. The predicted molar refractivity (Wildman–Crippen MR) is 43.4 cm³/mol. The highest BCUT2D eigenvalue weighted by Gasteiger charge is 2.17. The molecule has 4 nitrogen and oxygen atoms in total. The number of rotatable bonds is 3. The average molecular weight is 168 g/mol. The molecule has 1 heterocycles. The number of hydrogen-bond acceptors (Lipinski definition) is 3. The average Bonchev–Trinajstić information content (AvgIpc) is 2.48. The normalized spacial score (nSPS) is 15.6. The summed E-state index contributed by atoms with van der Waals surface area (Å²) in [5, 5.41) is 9.57. The molecule has 2 atom stereocenters. The number of carbonyl (C=O) groups excluding carboxylic acids is 1. The number of imidazole rings is 1. The molecule has 0 aliphatic carbocycles. The van der Waals surface area contributed by atoms with E-state index in [1.165, 1.54) is 0 Å². The molecule has 0 spiro atoms. The Bertz CT molecular complexity index is 270. The van der Waals surface area contributed by atoms with Crippen molar-refractivity contribution in [3.05, 3.63) is 18.2 Å². The quantitative estimate of drug-likeness (QED) is 0.660. The molecule has 12 heavy (non-hydrogen) atoms. The van der Waals surface area contributed by atoms with Crippen molar-refractivity contribution < 1.29 is 9.90 Å². The molecule has 0 radical (unpaired) electrons. The van der Waals surface area contributed by atoms with Gasteiger partial charge < -0.3 is 14.5 Å². The molecule has 0 saturated carbocycles. The Hall–Kier alpha value is -1.16. The van der Waals surface area contributed by atoms with E-state index >= 15 is 0 Å². The van der Waals surface area contributed by atoms with Crippen LogP contribution in [0.15, 0.2) is 12.5 Å². The number of aliphatic hydroxyl groups is 1. The second-order valence-electron chi connectivity index (χ2n) is 2.87. The van der Waals surface area contributed by atoms with Gasteiger partial charge in [0.05, 0.1) is 18.2 Å². The molecule has 0 aliphatic rings. The lowest BCUT2D eigenvalue weighted by Crippen LogP contribution is -2.13. The Balaban J connectivity index is 2.84. The van der Waals surface area contributed by atoms with Crippen LogP contribution in [0.1, 0.15) is 18.7 Å². The fraction of sp³-hybridized carbons (Fsp3) is 0.500. The van der Waals surface area contributed by atoms with Gasteiger partial charge in [-0.1, -0.05) is 6.92 Å². The number of aldehydes is 1. The molecular weight excluding hydrogens is 156 g/mol. The lowest BCUT2D eigenvalue weighted by molar-refractivity contribution is -0.113. The van der Waals surface area contributed by atoms with Gasteiger partial charge in [0.2, 0.25) is 0 Å². The number of carbonyl (C=O) groups is 1. The fourth-order valence-electron chi connectivity index (χ4n) is 0.996. The largest absolute Gasteiger partial charge is 0.386 e. The van der Waals surface area contributed by atoms with E-state index < -0.39 is 6.10 Å². The predicted octanol–water partition coefficient (Wildman–Crippen LogP) is 0.288. The monoisotopic (exact) mass is 168 g/mol. The van der Waals surface area contributed by atoms with Gasteiger partial charge in [0, 0.05) is 13.0 Å². The Morgan fingerprint density at radius 3 is 2.83 bits per heavy atom. The maximum Gasteiger partial charge on any atom is 0.125 e. The van der Waals surface area contributed by atoms with E-state index in [4.69, 9.17) is 0 Å². The van der Waals surface area contributed by atoms with Crippen LogP contribution in [-0.2, 0) is 11.8 Å². The minimum atomic E-state index is -0.755. The van der Waals surface area contributed by atoms with Gasteiger partial charge >= 0.3 is 0 Å². The lowest BCUT2D eigenvalue weighted by Gasteiger charge is -2.13. The fourth-order valence-corrected chi connectivity index (χ4v) is 0.996. The van der Waals surface area contributed by atoms with Crippen LogP contribution in [-0.4, -0.2) is 20.9 Å². The number of hydrogen-bond donors (Lipinski definition) is 1. The smallest absolute Gasteiger partial charge is 0.125 e. The number of aliphatic hydroxyl groups excluding tert-OH is 1. The maximum absolute atomic E-state index is 10.4. The third kappa shape index (κ3) is 1.53. The molecule has 0 aliphatic heterocycles. The molecule has 1 aromatic heterocycles. The van der Waals surface area contributed by atoms with Crippen LogP contribution in [0.3, 0.4) is 0 Å². The first-order valence-electron chi connectivity index (χ1n) is 3.76. The summed E-state index contributed by atoms with van der Waals surface area (Å²) in [5.41, 5.74) is 0.662. The summed E-state index contributed by atoms with van der Waals surface area (Å²) in [6.45, 7) is 1.67. The first-order chi connectivity index (χ1) is 5.66. The van der Waals surface area contributed by atoms with Crippen LogP contribution in [0.5, 0.6) is 0 Å². The van der Waals surface area contributed by atoms with Crippen LogP contribution in [0.25, 0.3) is 0 Å². The minimum Gasteiger partial charge on any atom is -0.386 e. The van der Waals surface area contributed by atoms with E-state index in [2.05, 4.69) is 4.98 Å². The van der Waals surface area contributed by atoms with E-state index in [0.29, 0.717) is 5.69 Å². The van der Waals surface area contributed by atoms with Gasteiger partial charge in [-0.25, -0.2) is 4.98 Å². The second-order valence-corrected chi connectivity index (χ2v) is 2.87. The van der Waals surface area contributed by atoms with Crippen LogP contribution in [0.2, 0.25) is 0 Å². The highest BCUT2D eigenvalue weighted by atomic mass is 16.3. The molecule has 0 aromatic carbocycles. The zero-order valence-electron chi connectivity index (χ0n) is 7.14. The Labute approximate surface area is 70.9 Å². The van der Waals surface area contributed by atoms with E-state index in [-0.39, 0.29) is 5.92 Å². The summed E-state index contributed by atoms with van der Waals surface area (Å²) in [5.74, 6) is -0.389. The van der Waals surface area contributed by atoms with Crippen molar-refractivity contribution in [2.24, 2.45) is 13.0 Å². The van der Waals surface area contributed by atoms with Gasteiger partial charge in [0.25, 0.3) is 0 Å². The molecule has 2 unspecified atom stereocenters. The molecule has 66 valence electrons. The van der Waals surface area contributed by atoms with Crippen molar-refractivity contribution in [3.63, 3.8) is 0 Å². The van der Waals surface area contributed by atoms with Crippen molar-refractivity contribution in [2.75, 3.05) is 0 Å². The van der Waals surface area contributed by atoms with Gasteiger partial charge in [0.15, 0.2) is 0 Å². The van der Waals surface area contributed by atoms with Gasteiger partial charge in [-0.2, -0.15) is 0 Å². The van der Waals surface area contributed by atoms with Crippen molar-refractivity contribution >= 4 is 6.29 Å². The van der Waals surface area contributed by atoms with Gasteiger partial charge in [0.1, 0.15) is 12.4 Å². The number of aryl methyl sites for hydroxylation is 1. The van der Waals surface area contributed by atoms with Crippen molar-refractivity contribution in [2.45, 2.75) is 13.0 Å². The van der Waals surface area contributed by atoms with Crippen LogP contribution in [0, 0.1) is 5.92 Å². The highest BCUT2D eigenvalue weighted by molar-refractivity contribution is 5.54.